The van der Waals surface area contributed by atoms with Crippen LogP contribution < -0.4 is 0 Å². The molecule has 6 heteroatoms. The third-order valence-corrected chi connectivity index (χ3v) is 1.75. The van der Waals surface area contributed by atoms with Crippen molar-refractivity contribution >= 4 is 21.9 Å². The molecule has 0 spiro atoms. The van der Waals surface area contributed by atoms with Gasteiger partial charge in [0, 0.05) is 0 Å². The van der Waals surface area contributed by atoms with Gasteiger partial charge < -0.3 is 4.74 Å². The van der Waals surface area contributed by atoms with E-state index in [1.165, 1.54) is 7.11 Å². The number of rotatable bonds is 2. The normalized spacial score (nSPS) is 9.64. The molecule has 1 heterocycles. The van der Waals surface area contributed by atoms with E-state index in [-0.39, 0.29) is 12.4 Å². The van der Waals surface area contributed by atoms with E-state index in [9.17, 15) is 4.79 Å². The van der Waals surface area contributed by atoms with Crippen LogP contribution in [0, 0.1) is 0 Å². The summed E-state index contributed by atoms with van der Waals surface area (Å²) in [5.74, 6) is -0.334. The van der Waals surface area contributed by atoms with Crippen LogP contribution in [-0.4, -0.2) is 28.5 Å². The van der Waals surface area contributed by atoms with Crippen molar-refractivity contribution in [2.45, 2.75) is 6.42 Å². The summed E-state index contributed by atoms with van der Waals surface area (Å²) in [6.45, 7) is 0. The van der Waals surface area contributed by atoms with E-state index in [1.54, 1.807) is 0 Å². The fourth-order valence-electron chi connectivity index (χ4n) is 0.561. The zero-order valence-corrected chi connectivity index (χ0v) is 7.38. The number of ether oxygens (including phenoxy) is 1. The number of halogens is 1. The second-order valence-electron chi connectivity index (χ2n) is 1.81. The molecule has 1 N–H and O–H groups in total. The van der Waals surface area contributed by atoms with Crippen molar-refractivity contribution in [2.24, 2.45) is 0 Å². The fraction of sp³-hybridized carbons (Fsp3) is 0.400. The summed E-state index contributed by atoms with van der Waals surface area (Å²) >= 11 is 3.11. The van der Waals surface area contributed by atoms with Crippen LogP contribution in [0.15, 0.2) is 4.60 Å². The number of methoxy groups -OCH3 is 1. The van der Waals surface area contributed by atoms with Gasteiger partial charge in [-0.1, -0.05) is 0 Å². The molecule has 1 aromatic rings. The highest BCUT2D eigenvalue weighted by molar-refractivity contribution is 9.10. The molecule has 0 fully saturated rings. The average molecular weight is 220 g/mol. The number of esters is 1. The monoisotopic (exact) mass is 219 g/mol. The third-order valence-electron chi connectivity index (χ3n) is 1.11. The van der Waals surface area contributed by atoms with Gasteiger partial charge in [-0.15, -0.1) is 5.10 Å². The largest absolute Gasteiger partial charge is 0.469 e. The summed E-state index contributed by atoms with van der Waals surface area (Å²) < 4.78 is 4.98. The molecule has 0 atom stereocenters. The number of hydrogen-bond donors (Lipinski definition) is 1. The summed E-state index contributed by atoms with van der Waals surface area (Å²) in [5.41, 5.74) is 0.553. The molecule has 0 bridgehead atoms. The molecule has 11 heavy (non-hydrogen) atoms. The number of H-pyrrole nitrogens is 1. The Morgan fingerprint density at radius 1 is 1.73 bits per heavy atom. The van der Waals surface area contributed by atoms with Crippen molar-refractivity contribution in [3.05, 3.63) is 10.3 Å². The lowest BCUT2D eigenvalue weighted by Gasteiger charge is -1.93. The van der Waals surface area contributed by atoms with Crippen molar-refractivity contribution in [2.75, 3.05) is 7.11 Å². The molecule has 0 unspecified atom stereocenters. The molecule has 0 aromatic carbocycles. The first kappa shape index (κ1) is 8.19. The SMILES string of the molecule is COC(=O)Cc1n[nH]nc1Br. The Bertz CT molecular complexity index is 260. The Morgan fingerprint density at radius 2 is 2.45 bits per heavy atom. The lowest BCUT2D eigenvalue weighted by molar-refractivity contribution is -0.139. The highest BCUT2D eigenvalue weighted by atomic mass is 79.9. The van der Waals surface area contributed by atoms with Gasteiger partial charge >= 0.3 is 5.97 Å². The van der Waals surface area contributed by atoms with Gasteiger partial charge in [-0.3, -0.25) is 4.79 Å². The van der Waals surface area contributed by atoms with Crippen LogP contribution >= 0.6 is 15.9 Å². The maximum atomic E-state index is 10.7. The van der Waals surface area contributed by atoms with Crippen LogP contribution in [0.5, 0.6) is 0 Å². The van der Waals surface area contributed by atoms with E-state index in [1.807, 2.05) is 0 Å². The predicted molar refractivity (Wildman–Crippen MR) is 39.8 cm³/mol. The van der Waals surface area contributed by atoms with Crippen molar-refractivity contribution in [1.82, 2.24) is 15.4 Å². The van der Waals surface area contributed by atoms with Gasteiger partial charge in [-0.25, -0.2) is 0 Å². The number of nitrogens with zero attached hydrogens (tertiary/aromatic N) is 2. The average Bonchev–Trinajstić information content (AvgIpc) is 2.37. The topological polar surface area (TPSA) is 67.9 Å². The molecule has 0 saturated carbocycles. The van der Waals surface area contributed by atoms with Crippen molar-refractivity contribution in [3.63, 3.8) is 0 Å². The first-order valence-corrected chi connectivity index (χ1v) is 3.65. The minimum atomic E-state index is -0.334. The quantitative estimate of drug-likeness (QED) is 0.727. The zero-order chi connectivity index (χ0) is 8.27. The molecule has 60 valence electrons. The molecule has 0 aliphatic carbocycles. The van der Waals surface area contributed by atoms with Gasteiger partial charge in [-0.2, -0.15) is 10.3 Å². The van der Waals surface area contributed by atoms with Gasteiger partial charge in [0.15, 0.2) is 4.60 Å². The van der Waals surface area contributed by atoms with E-state index >= 15 is 0 Å². The summed E-state index contributed by atoms with van der Waals surface area (Å²) in [5, 5.41) is 9.77. The Morgan fingerprint density at radius 3 is 2.91 bits per heavy atom. The third kappa shape index (κ3) is 2.01. The lowest BCUT2D eigenvalue weighted by atomic mass is 10.3. The molecule has 0 aliphatic rings. The lowest BCUT2D eigenvalue weighted by Crippen LogP contribution is -2.05. The molecule has 0 saturated heterocycles. The van der Waals surface area contributed by atoms with Crippen molar-refractivity contribution in [1.29, 1.82) is 0 Å². The van der Waals surface area contributed by atoms with Gasteiger partial charge in [0.1, 0.15) is 5.69 Å². The van der Waals surface area contributed by atoms with Gasteiger partial charge in [0.2, 0.25) is 0 Å². The van der Waals surface area contributed by atoms with Gasteiger partial charge in [-0.05, 0) is 15.9 Å². The first-order chi connectivity index (χ1) is 5.24. The Hall–Kier alpha value is -0.910. The molecule has 0 radical (unpaired) electrons. The minimum absolute atomic E-state index is 0.133. The number of nitrogens with one attached hydrogen (secondary N) is 1. The van der Waals surface area contributed by atoms with Crippen LogP contribution in [0.2, 0.25) is 0 Å². The number of carbonyl (C=O) groups excluding carboxylic acids is 1. The van der Waals surface area contributed by atoms with Crippen molar-refractivity contribution in [3.8, 4) is 0 Å². The van der Waals surface area contributed by atoms with E-state index in [2.05, 4.69) is 36.1 Å². The smallest absolute Gasteiger partial charge is 0.311 e. The Labute approximate surface area is 71.3 Å². The summed E-state index contributed by atoms with van der Waals surface area (Å²) in [6.07, 6.45) is 0.133. The van der Waals surface area contributed by atoms with Crippen LogP contribution in [0.3, 0.4) is 0 Å². The fourth-order valence-corrected chi connectivity index (χ4v) is 0.869. The molecule has 0 amide bonds. The van der Waals surface area contributed by atoms with E-state index in [0.717, 1.165) is 0 Å². The number of hydrogen-bond acceptors (Lipinski definition) is 4. The summed E-state index contributed by atoms with van der Waals surface area (Å²) in [6, 6.07) is 0. The molecular weight excluding hydrogens is 214 g/mol. The highest BCUT2D eigenvalue weighted by Gasteiger charge is 2.09. The number of carbonyl (C=O) groups is 1. The number of aromatic amines is 1. The number of aromatic nitrogens is 3. The molecule has 1 rings (SSSR count). The molecular formula is C5H6BrN3O2. The Balaban J connectivity index is 2.64. The maximum absolute atomic E-state index is 10.7. The van der Waals surface area contributed by atoms with E-state index in [0.29, 0.717) is 10.3 Å². The van der Waals surface area contributed by atoms with Gasteiger partial charge in [0.05, 0.1) is 13.5 Å². The van der Waals surface area contributed by atoms with Crippen LogP contribution in [0.4, 0.5) is 0 Å². The van der Waals surface area contributed by atoms with Crippen LogP contribution in [-0.2, 0) is 16.0 Å². The van der Waals surface area contributed by atoms with Crippen LogP contribution in [0.1, 0.15) is 5.69 Å². The summed E-state index contributed by atoms with van der Waals surface area (Å²) in [4.78, 5) is 10.7. The molecule has 5 nitrogen and oxygen atoms in total. The Kier molecular flexibility index (Phi) is 2.58. The van der Waals surface area contributed by atoms with Crippen LogP contribution in [0.25, 0.3) is 0 Å². The predicted octanol–water partition coefficient (Wildman–Crippen LogP) is 0.283. The second-order valence-corrected chi connectivity index (χ2v) is 2.57. The van der Waals surface area contributed by atoms with Gasteiger partial charge in [0.25, 0.3) is 0 Å². The minimum Gasteiger partial charge on any atom is -0.469 e. The standard InChI is InChI=1S/C5H6BrN3O2/c1-11-4(10)2-3-5(6)8-9-7-3/h2H2,1H3,(H,7,8,9). The van der Waals surface area contributed by atoms with Crippen molar-refractivity contribution < 1.29 is 9.53 Å². The first-order valence-electron chi connectivity index (χ1n) is 2.86. The van der Waals surface area contributed by atoms with E-state index in [4.69, 9.17) is 0 Å². The molecule has 1 aromatic heterocycles. The maximum Gasteiger partial charge on any atom is 0.311 e. The summed E-state index contributed by atoms with van der Waals surface area (Å²) in [7, 11) is 1.33. The zero-order valence-electron chi connectivity index (χ0n) is 5.80. The molecule has 0 aliphatic heterocycles. The van der Waals surface area contributed by atoms with E-state index < -0.39 is 0 Å². The highest BCUT2D eigenvalue weighted by Crippen LogP contribution is 2.09. The second kappa shape index (κ2) is 3.47.